The summed E-state index contributed by atoms with van der Waals surface area (Å²) in [6.07, 6.45) is 0.257. The van der Waals surface area contributed by atoms with Crippen LogP contribution >= 0.6 is 0 Å². The molecule has 158 valence electrons. The second-order valence-electron chi connectivity index (χ2n) is 7.72. The molecule has 1 atom stereocenters. The number of amides is 2. The highest BCUT2D eigenvalue weighted by Crippen LogP contribution is 2.31. The van der Waals surface area contributed by atoms with Gasteiger partial charge in [0.25, 0.3) is 11.8 Å². The quantitative estimate of drug-likeness (QED) is 0.795. The number of nitrogens with zero attached hydrogens (tertiary/aromatic N) is 2. The molecule has 0 bridgehead atoms. The summed E-state index contributed by atoms with van der Waals surface area (Å²) in [5.41, 5.74) is 3.74. The zero-order valence-electron chi connectivity index (χ0n) is 17.5. The molecule has 2 aromatic carbocycles. The highest BCUT2D eigenvalue weighted by molar-refractivity contribution is 5.97. The summed E-state index contributed by atoms with van der Waals surface area (Å²) >= 11 is 0. The van der Waals surface area contributed by atoms with E-state index in [1.807, 2.05) is 43.3 Å². The van der Waals surface area contributed by atoms with Crippen molar-refractivity contribution in [2.75, 3.05) is 43.4 Å². The molecule has 2 N–H and O–H groups in total. The van der Waals surface area contributed by atoms with Crippen LogP contribution in [-0.2, 0) is 11.3 Å². The SMILES string of the molecule is CC[C@H]1Oc2ccc(CN3CCN(c4ccc(C(=O)NC)cc4)CC3)cc2NC1=O. The molecule has 0 radical (unpaired) electrons. The maximum Gasteiger partial charge on any atom is 0.265 e. The minimum atomic E-state index is -0.401. The van der Waals surface area contributed by atoms with Gasteiger partial charge in [0.15, 0.2) is 6.10 Å². The topological polar surface area (TPSA) is 73.9 Å². The number of fused-ring (bicyclic) bond motifs is 1. The lowest BCUT2D eigenvalue weighted by molar-refractivity contribution is -0.123. The zero-order chi connectivity index (χ0) is 21.1. The Hall–Kier alpha value is -3.06. The first kappa shape index (κ1) is 20.2. The standard InChI is InChI=1S/C23H28N4O3/c1-3-20-23(29)25-19-14-16(4-9-21(19)30-20)15-26-10-12-27(13-11-26)18-7-5-17(6-8-18)22(28)24-2/h4-9,14,20H,3,10-13,15H2,1-2H3,(H,24,28)(H,25,29)/t20-/m1/s1. The largest absolute Gasteiger partial charge is 0.478 e. The van der Waals surface area contributed by atoms with Crippen LogP contribution in [0.5, 0.6) is 5.75 Å². The van der Waals surface area contributed by atoms with Gasteiger partial charge < -0.3 is 20.3 Å². The molecule has 2 heterocycles. The van der Waals surface area contributed by atoms with E-state index in [0.29, 0.717) is 12.0 Å². The van der Waals surface area contributed by atoms with Gasteiger partial charge in [0.1, 0.15) is 5.75 Å². The highest BCUT2D eigenvalue weighted by Gasteiger charge is 2.26. The Morgan fingerprint density at radius 1 is 1.13 bits per heavy atom. The van der Waals surface area contributed by atoms with Crippen molar-refractivity contribution in [3.63, 3.8) is 0 Å². The monoisotopic (exact) mass is 408 g/mol. The highest BCUT2D eigenvalue weighted by atomic mass is 16.5. The van der Waals surface area contributed by atoms with Crippen LogP contribution in [0, 0.1) is 0 Å². The van der Waals surface area contributed by atoms with Crippen molar-refractivity contribution in [1.82, 2.24) is 10.2 Å². The number of carbonyl (C=O) groups excluding carboxylic acids is 2. The first-order valence-corrected chi connectivity index (χ1v) is 10.5. The van der Waals surface area contributed by atoms with Crippen LogP contribution in [0.15, 0.2) is 42.5 Å². The van der Waals surface area contributed by atoms with Gasteiger partial charge in [0.05, 0.1) is 5.69 Å². The maximum atomic E-state index is 12.1. The van der Waals surface area contributed by atoms with Gasteiger partial charge in [-0.25, -0.2) is 0 Å². The molecule has 0 aliphatic carbocycles. The molecule has 0 spiro atoms. The smallest absolute Gasteiger partial charge is 0.265 e. The Bertz CT molecular complexity index is 921. The number of carbonyl (C=O) groups is 2. The lowest BCUT2D eigenvalue weighted by atomic mass is 10.1. The Labute approximate surface area is 177 Å². The average molecular weight is 409 g/mol. The van der Waals surface area contributed by atoms with Gasteiger partial charge in [0.2, 0.25) is 0 Å². The third-order valence-corrected chi connectivity index (χ3v) is 5.73. The molecule has 4 rings (SSSR count). The second-order valence-corrected chi connectivity index (χ2v) is 7.72. The van der Waals surface area contributed by atoms with E-state index in [4.69, 9.17) is 4.74 Å². The van der Waals surface area contributed by atoms with Crippen molar-refractivity contribution in [3.05, 3.63) is 53.6 Å². The van der Waals surface area contributed by atoms with Crippen LogP contribution in [0.25, 0.3) is 0 Å². The van der Waals surface area contributed by atoms with Gasteiger partial charge in [-0.05, 0) is 48.4 Å². The number of anilines is 2. The molecule has 30 heavy (non-hydrogen) atoms. The van der Waals surface area contributed by atoms with Gasteiger partial charge >= 0.3 is 0 Å². The predicted octanol–water partition coefficient (Wildman–Crippen LogP) is 2.48. The number of nitrogens with one attached hydrogen (secondary N) is 2. The van der Waals surface area contributed by atoms with Crippen LogP contribution in [0.2, 0.25) is 0 Å². The number of rotatable bonds is 5. The first-order chi connectivity index (χ1) is 14.6. The molecule has 2 aliphatic rings. The molecule has 2 aliphatic heterocycles. The van der Waals surface area contributed by atoms with Crippen LogP contribution in [-0.4, -0.2) is 56.0 Å². The predicted molar refractivity (Wildman–Crippen MR) is 117 cm³/mol. The molecule has 0 aromatic heterocycles. The van der Waals surface area contributed by atoms with Crippen LogP contribution in [0.4, 0.5) is 11.4 Å². The average Bonchev–Trinajstić information content (AvgIpc) is 2.78. The molecule has 1 saturated heterocycles. The second kappa shape index (κ2) is 8.75. The van der Waals surface area contributed by atoms with Gasteiger partial charge in [0, 0.05) is 51.0 Å². The van der Waals surface area contributed by atoms with E-state index < -0.39 is 6.10 Å². The van der Waals surface area contributed by atoms with E-state index in [9.17, 15) is 9.59 Å². The van der Waals surface area contributed by atoms with E-state index in [0.717, 1.165) is 55.4 Å². The number of ether oxygens (including phenoxy) is 1. The van der Waals surface area contributed by atoms with E-state index >= 15 is 0 Å². The molecule has 2 aromatic rings. The van der Waals surface area contributed by atoms with E-state index in [1.54, 1.807) is 7.05 Å². The van der Waals surface area contributed by atoms with E-state index in [-0.39, 0.29) is 11.8 Å². The fraction of sp³-hybridized carbons (Fsp3) is 0.391. The zero-order valence-corrected chi connectivity index (χ0v) is 17.5. The van der Waals surface area contributed by atoms with Crippen LogP contribution < -0.4 is 20.3 Å². The fourth-order valence-corrected chi connectivity index (χ4v) is 3.96. The van der Waals surface area contributed by atoms with Crippen molar-refractivity contribution in [2.45, 2.75) is 26.0 Å². The molecule has 1 fully saturated rings. The molecule has 0 saturated carbocycles. The summed E-state index contributed by atoms with van der Waals surface area (Å²) in [6, 6.07) is 13.8. The van der Waals surface area contributed by atoms with Crippen LogP contribution in [0.1, 0.15) is 29.3 Å². The van der Waals surface area contributed by atoms with E-state index in [2.05, 4.69) is 26.5 Å². The van der Waals surface area contributed by atoms with Gasteiger partial charge in [-0.1, -0.05) is 13.0 Å². The lowest BCUT2D eigenvalue weighted by Gasteiger charge is -2.36. The van der Waals surface area contributed by atoms with Crippen molar-refractivity contribution < 1.29 is 14.3 Å². The number of piperazine rings is 1. The minimum absolute atomic E-state index is 0.0665. The first-order valence-electron chi connectivity index (χ1n) is 10.5. The van der Waals surface area contributed by atoms with Gasteiger partial charge in [-0.2, -0.15) is 0 Å². The van der Waals surface area contributed by atoms with Crippen molar-refractivity contribution in [3.8, 4) is 5.75 Å². The van der Waals surface area contributed by atoms with Gasteiger partial charge in [-0.3, -0.25) is 14.5 Å². The number of hydrogen-bond donors (Lipinski definition) is 2. The Kier molecular flexibility index (Phi) is 5.90. The third-order valence-electron chi connectivity index (χ3n) is 5.73. The van der Waals surface area contributed by atoms with Crippen molar-refractivity contribution >= 4 is 23.2 Å². The number of benzene rings is 2. The normalized spacial score (nSPS) is 18.9. The molecule has 0 unspecified atom stereocenters. The summed E-state index contributed by atoms with van der Waals surface area (Å²) in [7, 11) is 1.64. The Balaban J connectivity index is 1.34. The molecule has 7 heteroatoms. The van der Waals surface area contributed by atoms with Gasteiger partial charge in [-0.15, -0.1) is 0 Å². The number of hydrogen-bond acceptors (Lipinski definition) is 5. The summed E-state index contributed by atoms with van der Waals surface area (Å²) < 4.78 is 5.77. The molecule has 2 amide bonds. The maximum absolute atomic E-state index is 12.1. The molecular formula is C23H28N4O3. The van der Waals surface area contributed by atoms with Crippen molar-refractivity contribution in [2.24, 2.45) is 0 Å². The minimum Gasteiger partial charge on any atom is -0.478 e. The summed E-state index contributed by atoms with van der Waals surface area (Å²) in [5, 5.41) is 5.61. The Morgan fingerprint density at radius 2 is 1.87 bits per heavy atom. The molecular weight excluding hydrogens is 380 g/mol. The fourth-order valence-electron chi connectivity index (χ4n) is 3.96. The van der Waals surface area contributed by atoms with E-state index in [1.165, 1.54) is 0 Å². The van der Waals surface area contributed by atoms with Crippen molar-refractivity contribution in [1.29, 1.82) is 0 Å². The summed E-state index contributed by atoms with van der Waals surface area (Å²) in [6.45, 7) is 6.55. The summed E-state index contributed by atoms with van der Waals surface area (Å²) in [4.78, 5) is 28.5. The molecule has 7 nitrogen and oxygen atoms in total. The third kappa shape index (κ3) is 4.26. The van der Waals surface area contributed by atoms with Crippen LogP contribution in [0.3, 0.4) is 0 Å². The Morgan fingerprint density at radius 3 is 2.53 bits per heavy atom. The summed E-state index contributed by atoms with van der Waals surface area (Å²) in [5.74, 6) is 0.608. The lowest BCUT2D eigenvalue weighted by Crippen LogP contribution is -2.46.